The number of aromatic nitrogens is 3. The molecular formula is C20H22N4O3. The Morgan fingerprint density at radius 3 is 2.56 bits per heavy atom. The molecule has 3 rings (SSSR count). The first kappa shape index (κ1) is 18.4. The summed E-state index contributed by atoms with van der Waals surface area (Å²) in [5, 5.41) is 3.18. The number of hydrogen-bond donors (Lipinski definition) is 2. The van der Waals surface area contributed by atoms with Gasteiger partial charge in [0.15, 0.2) is 11.5 Å². The predicted octanol–water partition coefficient (Wildman–Crippen LogP) is 2.89. The van der Waals surface area contributed by atoms with Crippen LogP contribution >= 0.6 is 0 Å². The number of aromatic amines is 1. The molecule has 0 fully saturated rings. The molecule has 0 atom stereocenters. The zero-order chi connectivity index (χ0) is 19.1. The maximum absolute atomic E-state index is 11.9. The lowest BCUT2D eigenvalue weighted by Crippen LogP contribution is -2.14. The van der Waals surface area contributed by atoms with Gasteiger partial charge in [-0.05, 0) is 42.7 Å². The van der Waals surface area contributed by atoms with Gasteiger partial charge in [0.2, 0.25) is 5.95 Å². The van der Waals surface area contributed by atoms with Gasteiger partial charge >= 0.3 is 0 Å². The minimum absolute atomic E-state index is 0.195. The lowest BCUT2D eigenvalue weighted by molar-refractivity contribution is 0.354. The molecule has 2 aromatic heterocycles. The van der Waals surface area contributed by atoms with Gasteiger partial charge in [0.25, 0.3) is 5.56 Å². The average molecular weight is 366 g/mol. The Morgan fingerprint density at radius 2 is 1.81 bits per heavy atom. The van der Waals surface area contributed by atoms with Gasteiger partial charge < -0.3 is 14.8 Å². The second-order valence-electron chi connectivity index (χ2n) is 5.93. The van der Waals surface area contributed by atoms with Crippen LogP contribution in [0.1, 0.15) is 12.0 Å². The first-order valence-electron chi connectivity index (χ1n) is 8.66. The highest BCUT2D eigenvalue weighted by atomic mass is 16.5. The molecule has 3 aromatic rings. The van der Waals surface area contributed by atoms with Crippen molar-refractivity contribution in [3.05, 3.63) is 64.7 Å². The Kier molecular flexibility index (Phi) is 6.04. The van der Waals surface area contributed by atoms with Gasteiger partial charge in [-0.25, -0.2) is 4.98 Å². The SMILES string of the molecule is COc1ccc(CCCNc2nc(-c3ccncc3)cc(=O)[nH]2)cc1OC. The van der Waals surface area contributed by atoms with Crippen molar-refractivity contribution in [2.24, 2.45) is 0 Å². The van der Waals surface area contributed by atoms with Crippen LogP contribution in [0.4, 0.5) is 5.95 Å². The van der Waals surface area contributed by atoms with Gasteiger partial charge in [0.1, 0.15) is 0 Å². The molecule has 0 saturated carbocycles. The summed E-state index contributed by atoms with van der Waals surface area (Å²) in [7, 11) is 3.25. The van der Waals surface area contributed by atoms with Crippen LogP contribution in [-0.4, -0.2) is 35.7 Å². The Balaban J connectivity index is 1.60. The third-order valence-corrected chi connectivity index (χ3v) is 4.10. The number of methoxy groups -OCH3 is 2. The second kappa shape index (κ2) is 8.84. The lowest BCUT2D eigenvalue weighted by atomic mass is 10.1. The third kappa shape index (κ3) is 4.84. The van der Waals surface area contributed by atoms with Crippen LogP contribution in [0.25, 0.3) is 11.3 Å². The average Bonchev–Trinajstić information content (AvgIpc) is 2.71. The Bertz CT molecular complexity index is 941. The summed E-state index contributed by atoms with van der Waals surface area (Å²) >= 11 is 0. The first-order chi connectivity index (χ1) is 13.2. The summed E-state index contributed by atoms with van der Waals surface area (Å²) in [4.78, 5) is 23.1. The molecule has 27 heavy (non-hydrogen) atoms. The topological polar surface area (TPSA) is 89.1 Å². The highest BCUT2D eigenvalue weighted by Gasteiger charge is 2.06. The van der Waals surface area contributed by atoms with Gasteiger partial charge in [-0.2, -0.15) is 0 Å². The van der Waals surface area contributed by atoms with Crippen molar-refractivity contribution < 1.29 is 9.47 Å². The number of pyridine rings is 1. The van der Waals surface area contributed by atoms with Gasteiger partial charge in [0.05, 0.1) is 19.9 Å². The molecule has 0 bridgehead atoms. The third-order valence-electron chi connectivity index (χ3n) is 4.10. The second-order valence-corrected chi connectivity index (χ2v) is 5.93. The molecule has 1 aromatic carbocycles. The summed E-state index contributed by atoms with van der Waals surface area (Å²) in [5.74, 6) is 1.90. The number of ether oxygens (including phenoxy) is 2. The zero-order valence-electron chi connectivity index (χ0n) is 15.4. The van der Waals surface area contributed by atoms with Crippen LogP contribution in [-0.2, 0) is 6.42 Å². The van der Waals surface area contributed by atoms with Crippen LogP contribution in [0, 0.1) is 0 Å². The molecule has 7 nitrogen and oxygen atoms in total. The van der Waals surface area contributed by atoms with Crippen molar-refractivity contribution in [3.8, 4) is 22.8 Å². The van der Waals surface area contributed by atoms with E-state index in [-0.39, 0.29) is 5.56 Å². The summed E-state index contributed by atoms with van der Waals surface area (Å²) < 4.78 is 10.6. The van der Waals surface area contributed by atoms with E-state index in [4.69, 9.17) is 9.47 Å². The fraction of sp³-hybridized carbons (Fsp3) is 0.250. The van der Waals surface area contributed by atoms with Crippen molar-refractivity contribution >= 4 is 5.95 Å². The number of aryl methyl sites for hydroxylation is 1. The van der Waals surface area contributed by atoms with Crippen LogP contribution in [0.5, 0.6) is 11.5 Å². The molecule has 2 N–H and O–H groups in total. The van der Waals surface area contributed by atoms with Gasteiger partial charge in [-0.15, -0.1) is 0 Å². The van der Waals surface area contributed by atoms with Crippen LogP contribution in [0.3, 0.4) is 0 Å². The number of benzene rings is 1. The molecule has 0 amide bonds. The van der Waals surface area contributed by atoms with Gasteiger partial charge in [-0.1, -0.05) is 6.07 Å². The molecule has 0 aliphatic rings. The quantitative estimate of drug-likeness (QED) is 0.596. The maximum Gasteiger partial charge on any atom is 0.252 e. The number of hydrogen-bond acceptors (Lipinski definition) is 6. The van der Waals surface area contributed by atoms with Crippen molar-refractivity contribution in [1.82, 2.24) is 15.0 Å². The lowest BCUT2D eigenvalue weighted by Gasteiger charge is -2.10. The molecule has 7 heteroatoms. The smallest absolute Gasteiger partial charge is 0.252 e. The normalized spacial score (nSPS) is 10.4. The maximum atomic E-state index is 11.9. The number of nitrogens with one attached hydrogen (secondary N) is 2. The van der Waals surface area contributed by atoms with E-state index < -0.39 is 0 Å². The zero-order valence-corrected chi connectivity index (χ0v) is 15.4. The van der Waals surface area contributed by atoms with E-state index in [0.29, 0.717) is 23.9 Å². The van der Waals surface area contributed by atoms with E-state index in [0.717, 1.165) is 29.7 Å². The molecule has 140 valence electrons. The van der Waals surface area contributed by atoms with Crippen molar-refractivity contribution in [2.75, 3.05) is 26.1 Å². The van der Waals surface area contributed by atoms with E-state index in [1.54, 1.807) is 26.6 Å². The molecule has 0 aliphatic carbocycles. The molecule has 2 heterocycles. The Morgan fingerprint density at radius 1 is 1.04 bits per heavy atom. The van der Waals surface area contributed by atoms with Crippen LogP contribution < -0.4 is 20.3 Å². The minimum Gasteiger partial charge on any atom is -0.493 e. The molecule has 0 radical (unpaired) electrons. The van der Waals surface area contributed by atoms with Crippen molar-refractivity contribution in [2.45, 2.75) is 12.8 Å². The number of anilines is 1. The van der Waals surface area contributed by atoms with E-state index >= 15 is 0 Å². The summed E-state index contributed by atoms with van der Waals surface area (Å²) in [6, 6.07) is 11.0. The van der Waals surface area contributed by atoms with Gasteiger partial charge in [0, 0.05) is 30.6 Å². The van der Waals surface area contributed by atoms with Crippen molar-refractivity contribution in [1.29, 1.82) is 0 Å². The number of nitrogens with zero attached hydrogens (tertiary/aromatic N) is 2. The van der Waals surface area contributed by atoms with Crippen LogP contribution in [0.2, 0.25) is 0 Å². The molecular weight excluding hydrogens is 344 g/mol. The Hall–Kier alpha value is -3.35. The fourth-order valence-electron chi connectivity index (χ4n) is 2.75. The van der Waals surface area contributed by atoms with E-state index in [1.807, 2.05) is 30.3 Å². The number of rotatable bonds is 8. The highest BCUT2D eigenvalue weighted by Crippen LogP contribution is 2.27. The molecule has 0 saturated heterocycles. The predicted molar refractivity (Wildman–Crippen MR) is 104 cm³/mol. The standard InChI is InChI=1S/C20H22N4O3/c1-26-17-6-5-14(12-18(17)27-2)4-3-9-22-20-23-16(13-19(25)24-20)15-7-10-21-11-8-15/h5-8,10-13H,3-4,9H2,1-2H3,(H2,22,23,24,25). The first-order valence-corrected chi connectivity index (χ1v) is 8.66. The Labute approximate surface area is 157 Å². The monoisotopic (exact) mass is 366 g/mol. The summed E-state index contributed by atoms with van der Waals surface area (Å²) in [6.45, 7) is 0.678. The molecule has 0 unspecified atom stereocenters. The highest BCUT2D eigenvalue weighted by molar-refractivity contribution is 5.58. The van der Waals surface area contributed by atoms with Gasteiger partial charge in [-0.3, -0.25) is 14.8 Å². The van der Waals surface area contributed by atoms with E-state index in [1.165, 1.54) is 6.07 Å². The minimum atomic E-state index is -0.195. The number of H-pyrrole nitrogens is 1. The van der Waals surface area contributed by atoms with Crippen LogP contribution in [0.15, 0.2) is 53.6 Å². The van der Waals surface area contributed by atoms with Crippen molar-refractivity contribution in [3.63, 3.8) is 0 Å². The van der Waals surface area contributed by atoms with E-state index in [9.17, 15) is 4.79 Å². The largest absolute Gasteiger partial charge is 0.493 e. The molecule has 0 spiro atoms. The van der Waals surface area contributed by atoms with E-state index in [2.05, 4.69) is 20.3 Å². The summed E-state index contributed by atoms with van der Waals surface area (Å²) in [5.41, 5.74) is 2.42. The fourth-order valence-corrected chi connectivity index (χ4v) is 2.75. The summed E-state index contributed by atoms with van der Waals surface area (Å²) in [6.07, 6.45) is 5.09. The molecule has 0 aliphatic heterocycles.